The number of rotatable bonds is 4. The van der Waals surface area contributed by atoms with Gasteiger partial charge in [0.25, 0.3) is 0 Å². The van der Waals surface area contributed by atoms with E-state index in [0.717, 1.165) is 25.2 Å². The maximum absolute atomic E-state index is 8.53. The SMILES string of the molecule is CCc1cc(OCC#N)nc(N2CCOCC2)n1. The lowest BCUT2D eigenvalue weighted by atomic mass is 10.3. The molecule has 1 aromatic heterocycles. The Hall–Kier alpha value is -1.87. The molecule has 6 nitrogen and oxygen atoms in total. The Balaban J connectivity index is 2.19. The van der Waals surface area contributed by atoms with E-state index in [2.05, 4.69) is 14.9 Å². The van der Waals surface area contributed by atoms with Crippen LogP contribution in [0.5, 0.6) is 5.88 Å². The fourth-order valence-corrected chi connectivity index (χ4v) is 1.73. The molecule has 0 saturated carbocycles. The van der Waals surface area contributed by atoms with Crippen molar-refractivity contribution < 1.29 is 9.47 Å². The van der Waals surface area contributed by atoms with E-state index in [1.165, 1.54) is 0 Å². The van der Waals surface area contributed by atoms with E-state index in [1.807, 2.05) is 13.0 Å². The van der Waals surface area contributed by atoms with Crippen LogP contribution >= 0.6 is 0 Å². The smallest absolute Gasteiger partial charge is 0.229 e. The highest BCUT2D eigenvalue weighted by atomic mass is 16.5. The first kappa shape index (κ1) is 12.6. The Bertz CT molecular complexity index is 438. The molecule has 0 unspecified atom stereocenters. The largest absolute Gasteiger partial charge is 0.462 e. The number of morpholine rings is 1. The summed E-state index contributed by atoms with van der Waals surface area (Å²) in [6.07, 6.45) is 0.808. The summed E-state index contributed by atoms with van der Waals surface area (Å²) in [4.78, 5) is 10.9. The zero-order valence-corrected chi connectivity index (χ0v) is 10.4. The molecule has 1 aliphatic rings. The first-order valence-corrected chi connectivity index (χ1v) is 6.04. The van der Waals surface area contributed by atoms with Gasteiger partial charge in [0.05, 0.1) is 13.2 Å². The van der Waals surface area contributed by atoms with Crippen LogP contribution in [0.3, 0.4) is 0 Å². The monoisotopic (exact) mass is 248 g/mol. The molecule has 0 spiro atoms. The van der Waals surface area contributed by atoms with Gasteiger partial charge in [-0.1, -0.05) is 6.92 Å². The average molecular weight is 248 g/mol. The quantitative estimate of drug-likeness (QED) is 0.784. The summed E-state index contributed by atoms with van der Waals surface area (Å²) in [6, 6.07) is 3.72. The van der Waals surface area contributed by atoms with Crippen molar-refractivity contribution in [1.82, 2.24) is 9.97 Å². The minimum Gasteiger partial charge on any atom is -0.462 e. The van der Waals surface area contributed by atoms with Crippen LogP contribution in [0.1, 0.15) is 12.6 Å². The molecule has 0 radical (unpaired) electrons. The van der Waals surface area contributed by atoms with Crippen molar-refractivity contribution in [3.05, 3.63) is 11.8 Å². The van der Waals surface area contributed by atoms with Gasteiger partial charge in [-0.15, -0.1) is 0 Å². The molecule has 0 bridgehead atoms. The van der Waals surface area contributed by atoms with Crippen LogP contribution in [0.15, 0.2) is 6.07 Å². The molecular weight excluding hydrogens is 232 g/mol. The third-order valence-corrected chi connectivity index (χ3v) is 2.68. The molecule has 6 heteroatoms. The van der Waals surface area contributed by atoms with Gasteiger partial charge in [-0.2, -0.15) is 10.2 Å². The number of anilines is 1. The van der Waals surface area contributed by atoms with Crippen molar-refractivity contribution in [3.8, 4) is 11.9 Å². The van der Waals surface area contributed by atoms with E-state index in [4.69, 9.17) is 14.7 Å². The molecule has 1 aliphatic heterocycles. The Morgan fingerprint density at radius 3 is 2.89 bits per heavy atom. The number of nitrogens with zero attached hydrogens (tertiary/aromatic N) is 4. The number of nitriles is 1. The molecule has 0 atom stereocenters. The molecule has 0 aromatic carbocycles. The zero-order valence-electron chi connectivity index (χ0n) is 10.4. The summed E-state index contributed by atoms with van der Waals surface area (Å²) in [5.74, 6) is 1.12. The molecule has 96 valence electrons. The molecule has 2 rings (SSSR count). The number of aryl methyl sites for hydroxylation is 1. The minimum absolute atomic E-state index is 0.00270. The topological polar surface area (TPSA) is 71.3 Å². The predicted molar refractivity (Wildman–Crippen MR) is 65.6 cm³/mol. The van der Waals surface area contributed by atoms with Crippen molar-refractivity contribution >= 4 is 5.95 Å². The lowest BCUT2D eigenvalue weighted by Gasteiger charge is -2.27. The Kier molecular flexibility index (Phi) is 4.31. The Morgan fingerprint density at radius 1 is 1.44 bits per heavy atom. The number of hydrogen-bond acceptors (Lipinski definition) is 6. The van der Waals surface area contributed by atoms with Gasteiger partial charge in [0, 0.05) is 24.8 Å². The standard InChI is InChI=1S/C12H16N4O2/c1-2-10-9-11(18-6-3-13)15-12(14-10)16-4-7-17-8-5-16/h9H,2,4-8H2,1H3. The van der Waals surface area contributed by atoms with Crippen molar-refractivity contribution in [1.29, 1.82) is 5.26 Å². The maximum Gasteiger partial charge on any atom is 0.229 e. The van der Waals surface area contributed by atoms with Gasteiger partial charge < -0.3 is 14.4 Å². The first-order chi connectivity index (χ1) is 8.83. The van der Waals surface area contributed by atoms with Crippen LogP contribution in [0.25, 0.3) is 0 Å². The first-order valence-electron chi connectivity index (χ1n) is 6.04. The van der Waals surface area contributed by atoms with Crippen molar-refractivity contribution in [3.63, 3.8) is 0 Å². The highest BCUT2D eigenvalue weighted by molar-refractivity contribution is 5.35. The Morgan fingerprint density at radius 2 is 2.22 bits per heavy atom. The normalized spacial score (nSPS) is 15.2. The van der Waals surface area contributed by atoms with E-state index < -0.39 is 0 Å². The summed E-state index contributed by atoms with van der Waals surface area (Å²) < 4.78 is 10.6. The zero-order chi connectivity index (χ0) is 12.8. The lowest BCUT2D eigenvalue weighted by Crippen LogP contribution is -2.37. The molecule has 0 amide bonds. The molecule has 1 fully saturated rings. The van der Waals surface area contributed by atoms with E-state index in [0.29, 0.717) is 25.0 Å². The number of aromatic nitrogens is 2. The Labute approximate surface area is 106 Å². The van der Waals surface area contributed by atoms with Gasteiger partial charge in [-0.05, 0) is 6.42 Å². The van der Waals surface area contributed by atoms with Crippen LogP contribution in [0, 0.1) is 11.3 Å². The number of hydrogen-bond donors (Lipinski definition) is 0. The van der Waals surface area contributed by atoms with E-state index in [9.17, 15) is 0 Å². The highest BCUT2D eigenvalue weighted by Crippen LogP contribution is 2.17. The second kappa shape index (κ2) is 6.17. The van der Waals surface area contributed by atoms with E-state index in [1.54, 1.807) is 6.07 Å². The van der Waals surface area contributed by atoms with Gasteiger partial charge in [0.2, 0.25) is 11.8 Å². The predicted octanol–water partition coefficient (Wildman–Crippen LogP) is 0.778. The van der Waals surface area contributed by atoms with Crippen LogP contribution < -0.4 is 9.64 Å². The fraction of sp³-hybridized carbons (Fsp3) is 0.583. The van der Waals surface area contributed by atoms with Crippen molar-refractivity contribution in [2.75, 3.05) is 37.8 Å². The molecular formula is C12H16N4O2. The van der Waals surface area contributed by atoms with Crippen molar-refractivity contribution in [2.45, 2.75) is 13.3 Å². The third-order valence-electron chi connectivity index (χ3n) is 2.68. The van der Waals surface area contributed by atoms with Crippen LogP contribution in [0.4, 0.5) is 5.95 Å². The second-order valence-corrected chi connectivity index (χ2v) is 3.90. The van der Waals surface area contributed by atoms with Gasteiger partial charge in [0.15, 0.2) is 6.61 Å². The second-order valence-electron chi connectivity index (χ2n) is 3.90. The summed E-state index contributed by atoms with van der Waals surface area (Å²) in [6.45, 7) is 4.97. The van der Waals surface area contributed by atoms with Crippen LogP contribution in [-0.2, 0) is 11.2 Å². The van der Waals surface area contributed by atoms with E-state index in [-0.39, 0.29) is 6.61 Å². The molecule has 1 saturated heterocycles. The van der Waals surface area contributed by atoms with Crippen molar-refractivity contribution in [2.24, 2.45) is 0 Å². The fourth-order valence-electron chi connectivity index (χ4n) is 1.73. The number of ether oxygens (including phenoxy) is 2. The van der Waals surface area contributed by atoms with Crippen LogP contribution in [0.2, 0.25) is 0 Å². The summed E-state index contributed by atoms with van der Waals surface area (Å²) >= 11 is 0. The molecule has 0 N–H and O–H groups in total. The average Bonchev–Trinajstić information content (AvgIpc) is 2.45. The third kappa shape index (κ3) is 3.08. The highest BCUT2D eigenvalue weighted by Gasteiger charge is 2.15. The summed E-state index contributed by atoms with van der Waals surface area (Å²) in [5.41, 5.74) is 0.916. The summed E-state index contributed by atoms with van der Waals surface area (Å²) in [5, 5.41) is 8.53. The van der Waals surface area contributed by atoms with Gasteiger partial charge in [0.1, 0.15) is 6.07 Å². The van der Waals surface area contributed by atoms with Gasteiger partial charge in [-0.25, -0.2) is 4.98 Å². The van der Waals surface area contributed by atoms with Gasteiger partial charge in [-0.3, -0.25) is 0 Å². The maximum atomic E-state index is 8.53. The van der Waals surface area contributed by atoms with Gasteiger partial charge >= 0.3 is 0 Å². The summed E-state index contributed by atoms with van der Waals surface area (Å²) in [7, 11) is 0. The molecule has 0 aliphatic carbocycles. The molecule has 18 heavy (non-hydrogen) atoms. The lowest BCUT2D eigenvalue weighted by molar-refractivity contribution is 0.122. The minimum atomic E-state index is 0.00270. The molecule has 2 heterocycles. The molecule has 1 aromatic rings. The van der Waals surface area contributed by atoms with E-state index >= 15 is 0 Å². The van der Waals surface area contributed by atoms with Crippen LogP contribution in [-0.4, -0.2) is 42.9 Å².